The molecule has 2 amide bonds. The maximum atomic E-state index is 13.9. The first kappa shape index (κ1) is 21.4. The molecule has 25 heavy (non-hydrogen) atoms. The normalized spacial score (nSPS) is 11.1. The van der Waals surface area contributed by atoms with Crippen LogP contribution in [0, 0.1) is 11.2 Å². The molecule has 0 aromatic heterocycles. The second kappa shape index (κ2) is 9.70. The van der Waals surface area contributed by atoms with E-state index < -0.39 is 5.41 Å². The molecule has 1 aromatic carbocycles. The summed E-state index contributed by atoms with van der Waals surface area (Å²) in [4.78, 5) is 25.8. The second-order valence-electron chi connectivity index (χ2n) is 6.91. The van der Waals surface area contributed by atoms with Crippen LogP contribution in [0.5, 0.6) is 0 Å². The Morgan fingerprint density at radius 1 is 1.36 bits per heavy atom. The van der Waals surface area contributed by atoms with E-state index >= 15 is 0 Å². The van der Waals surface area contributed by atoms with Crippen molar-refractivity contribution in [1.82, 2.24) is 10.2 Å². The van der Waals surface area contributed by atoms with E-state index in [1.807, 2.05) is 20.8 Å². The van der Waals surface area contributed by atoms with Crippen LogP contribution in [0.15, 0.2) is 35.3 Å². The number of carbonyl (C=O) groups is 2. The number of benzene rings is 1. The van der Waals surface area contributed by atoms with Crippen molar-refractivity contribution in [2.75, 3.05) is 13.1 Å². The fraction of sp³-hybridized carbons (Fsp3) is 0.474. The number of rotatable bonds is 8. The quantitative estimate of drug-likeness (QED) is 0.517. The molecule has 0 aliphatic heterocycles. The van der Waals surface area contributed by atoms with Gasteiger partial charge in [-0.05, 0) is 24.6 Å². The summed E-state index contributed by atoms with van der Waals surface area (Å²) in [6.07, 6.45) is 2.44. The number of nitrogens with one attached hydrogen (secondary N) is 1. The van der Waals surface area contributed by atoms with Crippen LogP contribution in [0.3, 0.4) is 0 Å². The van der Waals surface area contributed by atoms with Crippen molar-refractivity contribution in [3.63, 3.8) is 0 Å². The van der Waals surface area contributed by atoms with Gasteiger partial charge in [-0.3, -0.25) is 9.59 Å². The minimum atomic E-state index is -0.447. The summed E-state index contributed by atoms with van der Waals surface area (Å²) in [6, 6.07) is 4.66. The molecule has 0 unspecified atom stereocenters. The molecule has 0 saturated heterocycles. The van der Waals surface area contributed by atoms with E-state index in [0.717, 1.165) is 4.47 Å². The van der Waals surface area contributed by atoms with Gasteiger partial charge in [0.1, 0.15) is 5.82 Å². The van der Waals surface area contributed by atoms with E-state index in [4.69, 9.17) is 0 Å². The molecule has 4 nitrogen and oxygen atoms in total. The highest BCUT2D eigenvalue weighted by Gasteiger charge is 2.20. The maximum absolute atomic E-state index is 13.9. The lowest BCUT2D eigenvalue weighted by atomic mass is 9.96. The number of hydrogen-bond acceptors (Lipinski definition) is 2. The van der Waals surface area contributed by atoms with Gasteiger partial charge in [-0.25, -0.2) is 4.39 Å². The minimum absolute atomic E-state index is 0.0425. The Bertz CT molecular complexity index is 626. The van der Waals surface area contributed by atoms with Crippen LogP contribution in [-0.4, -0.2) is 29.8 Å². The molecule has 0 fully saturated rings. The molecule has 0 radical (unpaired) electrons. The molecule has 0 heterocycles. The summed E-state index contributed by atoms with van der Waals surface area (Å²) < 4.78 is 14.7. The summed E-state index contributed by atoms with van der Waals surface area (Å²) >= 11 is 3.31. The third-order valence-electron chi connectivity index (χ3n) is 3.61. The fourth-order valence-corrected chi connectivity index (χ4v) is 2.55. The van der Waals surface area contributed by atoms with Gasteiger partial charge in [-0.15, -0.1) is 6.58 Å². The van der Waals surface area contributed by atoms with Crippen LogP contribution in [-0.2, 0) is 16.1 Å². The summed E-state index contributed by atoms with van der Waals surface area (Å²) in [6.45, 7) is 10.1. The first-order chi connectivity index (χ1) is 11.6. The number of amides is 2. The molecule has 6 heteroatoms. The largest absolute Gasteiger partial charge is 0.356 e. The fourth-order valence-electron chi connectivity index (χ4n) is 2.15. The topological polar surface area (TPSA) is 49.4 Å². The molecular weight excluding hydrogens is 387 g/mol. The lowest BCUT2D eigenvalue weighted by molar-refractivity contribution is -0.132. The monoisotopic (exact) mass is 412 g/mol. The predicted molar refractivity (Wildman–Crippen MR) is 101 cm³/mol. The molecule has 0 atom stereocenters. The Morgan fingerprint density at radius 3 is 2.64 bits per heavy atom. The molecule has 1 aromatic rings. The van der Waals surface area contributed by atoms with Gasteiger partial charge in [0, 0.05) is 41.5 Å². The Balaban J connectivity index is 2.58. The number of halogens is 2. The molecule has 0 aliphatic rings. The van der Waals surface area contributed by atoms with Crippen LogP contribution >= 0.6 is 15.9 Å². The van der Waals surface area contributed by atoms with Crippen LogP contribution < -0.4 is 5.32 Å². The van der Waals surface area contributed by atoms with Crippen molar-refractivity contribution in [1.29, 1.82) is 0 Å². The van der Waals surface area contributed by atoms with Gasteiger partial charge in [-0.1, -0.05) is 42.8 Å². The lowest BCUT2D eigenvalue weighted by Gasteiger charge is -2.22. The zero-order chi connectivity index (χ0) is 19.0. The van der Waals surface area contributed by atoms with Crippen molar-refractivity contribution in [3.8, 4) is 0 Å². The number of nitrogens with zero attached hydrogens (tertiary/aromatic N) is 1. The highest BCUT2D eigenvalue weighted by atomic mass is 79.9. The Labute approximate surface area is 157 Å². The van der Waals surface area contributed by atoms with Crippen LogP contribution in [0.1, 0.15) is 39.2 Å². The van der Waals surface area contributed by atoms with Crippen LogP contribution in [0.25, 0.3) is 0 Å². The lowest BCUT2D eigenvalue weighted by Crippen LogP contribution is -2.36. The van der Waals surface area contributed by atoms with E-state index in [9.17, 15) is 14.0 Å². The smallest absolute Gasteiger partial charge is 0.225 e. The van der Waals surface area contributed by atoms with E-state index in [2.05, 4.69) is 27.8 Å². The van der Waals surface area contributed by atoms with Crippen molar-refractivity contribution < 1.29 is 14.0 Å². The minimum Gasteiger partial charge on any atom is -0.356 e. The van der Waals surface area contributed by atoms with E-state index in [-0.39, 0.29) is 30.6 Å². The molecule has 1 rings (SSSR count). The van der Waals surface area contributed by atoms with Crippen molar-refractivity contribution >= 4 is 27.7 Å². The van der Waals surface area contributed by atoms with Gasteiger partial charge in [0.05, 0.1) is 0 Å². The second-order valence-corrected chi connectivity index (χ2v) is 7.82. The summed E-state index contributed by atoms with van der Waals surface area (Å²) in [5.74, 6) is -0.481. The molecule has 138 valence electrons. The molecule has 0 aliphatic carbocycles. The zero-order valence-corrected chi connectivity index (χ0v) is 16.7. The van der Waals surface area contributed by atoms with E-state index in [1.54, 1.807) is 23.1 Å². The first-order valence-corrected chi connectivity index (χ1v) is 9.05. The molecule has 0 saturated carbocycles. The van der Waals surface area contributed by atoms with Gasteiger partial charge >= 0.3 is 0 Å². The van der Waals surface area contributed by atoms with Gasteiger partial charge < -0.3 is 10.2 Å². The first-order valence-electron chi connectivity index (χ1n) is 8.26. The van der Waals surface area contributed by atoms with E-state index in [1.165, 1.54) is 6.07 Å². The van der Waals surface area contributed by atoms with Crippen molar-refractivity contribution in [2.24, 2.45) is 5.41 Å². The number of carbonyl (C=O) groups excluding carboxylic acids is 2. The average molecular weight is 413 g/mol. The van der Waals surface area contributed by atoms with Crippen LogP contribution in [0.4, 0.5) is 4.39 Å². The van der Waals surface area contributed by atoms with Gasteiger partial charge in [0.2, 0.25) is 11.8 Å². The summed E-state index contributed by atoms with van der Waals surface area (Å²) in [5.41, 5.74) is 0.00232. The molecule has 1 N–H and O–H groups in total. The van der Waals surface area contributed by atoms with Crippen molar-refractivity contribution in [3.05, 3.63) is 46.7 Å². The summed E-state index contributed by atoms with van der Waals surface area (Å²) in [5, 5.41) is 2.82. The van der Waals surface area contributed by atoms with Gasteiger partial charge in [-0.2, -0.15) is 0 Å². The number of hydrogen-bond donors (Lipinski definition) is 1. The Morgan fingerprint density at radius 2 is 2.04 bits per heavy atom. The SMILES string of the molecule is C=CCN(Cc1cc(Br)ccc1F)C(=O)CCCNC(=O)C(C)(C)C. The third kappa shape index (κ3) is 7.38. The molecule has 0 bridgehead atoms. The van der Waals surface area contributed by atoms with Gasteiger partial charge in [0.15, 0.2) is 0 Å². The highest BCUT2D eigenvalue weighted by molar-refractivity contribution is 9.10. The van der Waals surface area contributed by atoms with Crippen LogP contribution in [0.2, 0.25) is 0 Å². The van der Waals surface area contributed by atoms with E-state index in [0.29, 0.717) is 25.1 Å². The Hall–Kier alpha value is -1.69. The van der Waals surface area contributed by atoms with Crippen molar-refractivity contribution in [2.45, 2.75) is 40.2 Å². The standard InChI is InChI=1S/C19H26BrFN2O2/c1-5-11-23(13-14-12-15(20)8-9-16(14)21)17(24)7-6-10-22-18(25)19(2,3)4/h5,8-9,12H,1,6-7,10-11,13H2,2-4H3,(H,22,25). The maximum Gasteiger partial charge on any atom is 0.225 e. The molecule has 0 spiro atoms. The summed E-state index contributed by atoms with van der Waals surface area (Å²) in [7, 11) is 0. The highest BCUT2D eigenvalue weighted by Crippen LogP contribution is 2.18. The average Bonchev–Trinajstić information content (AvgIpc) is 2.53. The molecular formula is C19H26BrFN2O2. The Kier molecular flexibility index (Phi) is 8.29. The van der Waals surface area contributed by atoms with Gasteiger partial charge in [0.25, 0.3) is 0 Å². The predicted octanol–water partition coefficient (Wildman–Crippen LogP) is 4.05. The third-order valence-corrected chi connectivity index (χ3v) is 4.10. The zero-order valence-electron chi connectivity index (χ0n) is 15.1.